The summed E-state index contributed by atoms with van der Waals surface area (Å²) in [6.07, 6.45) is 1.83. The van der Waals surface area contributed by atoms with Crippen molar-refractivity contribution >= 4 is 11.6 Å². The van der Waals surface area contributed by atoms with Crippen molar-refractivity contribution < 1.29 is 9.47 Å². The predicted octanol–water partition coefficient (Wildman–Crippen LogP) is 4.29. The highest BCUT2D eigenvalue weighted by Gasteiger charge is 2.09. The van der Waals surface area contributed by atoms with Crippen LogP contribution in [-0.2, 0) is 6.42 Å². The third-order valence-corrected chi connectivity index (χ3v) is 3.16. The number of halogens is 1. The molecule has 0 heterocycles. The van der Waals surface area contributed by atoms with Crippen molar-refractivity contribution in [3.05, 3.63) is 23.8 Å². The van der Waals surface area contributed by atoms with E-state index in [1.165, 1.54) is 5.56 Å². The lowest BCUT2D eigenvalue weighted by molar-refractivity contribution is 0.256. The predicted molar refractivity (Wildman–Crippen MR) is 77.0 cm³/mol. The fourth-order valence-corrected chi connectivity index (χ4v) is 1.80. The molecule has 0 aliphatic heterocycles. The lowest BCUT2D eigenvalue weighted by atomic mass is 10.1. The van der Waals surface area contributed by atoms with Crippen LogP contribution in [0.1, 0.15) is 32.8 Å². The Balaban J connectivity index is 2.80. The summed E-state index contributed by atoms with van der Waals surface area (Å²) in [5, 5.41) is 0.177. The lowest BCUT2D eigenvalue weighted by Crippen LogP contribution is -2.07. The van der Waals surface area contributed by atoms with Crippen molar-refractivity contribution in [3.8, 4) is 11.5 Å². The van der Waals surface area contributed by atoms with Crippen molar-refractivity contribution in [2.24, 2.45) is 5.92 Å². The van der Waals surface area contributed by atoms with Gasteiger partial charge in [-0.15, -0.1) is 11.6 Å². The van der Waals surface area contributed by atoms with Crippen molar-refractivity contribution in [1.29, 1.82) is 0 Å². The van der Waals surface area contributed by atoms with E-state index in [-0.39, 0.29) is 5.38 Å². The zero-order chi connectivity index (χ0) is 13.5. The second-order valence-electron chi connectivity index (χ2n) is 4.90. The normalized spacial score (nSPS) is 12.6. The van der Waals surface area contributed by atoms with Gasteiger partial charge in [0.05, 0.1) is 13.7 Å². The van der Waals surface area contributed by atoms with Gasteiger partial charge in [0.1, 0.15) is 0 Å². The first-order valence-corrected chi connectivity index (χ1v) is 6.94. The molecule has 2 nitrogen and oxygen atoms in total. The summed E-state index contributed by atoms with van der Waals surface area (Å²) in [6, 6.07) is 6.03. The quantitative estimate of drug-likeness (QED) is 0.688. The molecule has 1 aromatic carbocycles. The van der Waals surface area contributed by atoms with Crippen molar-refractivity contribution in [2.45, 2.75) is 39.0 Å². The minimum atomic E-state index is 0.177. The molecule has 0 fully saturated rings. The van der Waals surface area contributed by atoms with Gasteiger partial charge in [-0.3, -0.25) is 0 Å². The van der Waals surface area contributed by atoms with Crippen molar-refractivity contribution in [1.82, 2.24) is 0 Å². The van der Waals surface area contributed by atoms with Crippen LogP contribution in [0.2, 0.25) is 0 Å². The summed E-state index contributed by atoms with van der Waals surface area (Å²) in [6.45, 7) is 7.04. The smallest absolute Gasteiger partial charge is 0.161 e. The van der Waals surface area contributed by atoms with Crippen LogP contribution in [0.4, 0.5) is 0 Å². The first kappa shape index (κ1) is 15.2. The van der Waals surface area contributed by atoms with E-state index in [2.05, 4.69) is 20.8 Å². The molecule has 0 aliphatic rings. The molecule has 1 aromatic rings. The number of rotatable bonds is 7. The van der Waals surface area contributed by atoms with Gasteiger partial charge in [-0.1, -0.05) is 26.8 Å². The number of hydrogen-bond acceptors (Lipinski definition) is 2. The van der Waals surface area contributed by atoms with Crippen molar-refractivity contribution in [2.75, 3.05) is 13.7 Å². The van der Waals surface area contributed by atoms with Gasteiger partial charge < -0.3 is 9.47 Å². The number of hydrogen-bond donors (Lipinski definition) is 0. The average molecular weight is 271 g/mol. The summed E-state index contributed by atoms with van der Waals surface area (Å²) >= 11 is 6.18. The van der Waals surface area contributed by atoms with Crippen LogP contribution >= 0.6 is 11.6 Å². The Bertz CT molecular complexity index is 364. The SMILES string of the molecule is CCC(Cl)Cc1ccc(OC)c(OCC(C)C)c1. The van der Waals surface area contributed by atoms with Crippen LogP contribution in [0.25, 0.3) is 0 Å². The standard InChI is InChI=1S/C15H23ClO2/c1-5-13(16)8-12-6-7-14(17-4)15(9-12)18-10-11(2)3/h6-7,9,11,13H,5,8,10H2,1-4H3. The molecule has 18 heavy (non-hydrogen) atoms. The van der Waals surface area contributed by atoms with Crippen LogP contribution in [0.5, 0.6) is 11.5 Å². The molecule has 3 heteroatoms. The van der Waals surface area contributed by atoms with E-state index in [4.69, 9.17) is 21.1 Å². The fourth-order valence-electron chi connectivity index (χ4n) is 1.62. The molecular weight excluding hydrogens is 248 g/mol. The number of ether oxygens (including phenoxy) is 2. The molecule has 1 unspecified atom stereocenters. The minimum Gasteiger partial charge on any atom is -0.493 e. The molecule has 0 aromatic heterocycles. The van der Waals surface area contributed by atoms with Crippen LogP contribution in [-0.4, -0.2) is 19.1 Å². The van der Waals surface area contributed by atoms with Crippen LogP contribution in [0, 0.1) is 5.92 Å². The number of benzene rings is 1. The molecular formula is C15H23ClO2. The van der Waals surface area contributed by atoms with Gasteiger partial charge in [0.25, 0.3) is 0 Å². The van der Waals surface area contributed by atoms with Crippen LogP contribution in [0.3, 0.4) is 0 Å². The molecule has 0 aliphatic carbocycles. The molecule has 1 rings (SSSR count). The summed E-state index contributed by atoms with van der Waals surface area (Å²) in [7, 11) is 1.66. The minimum absolute atomic E-state index is 0.177. The fraction of sp³-hybridized carbons (Fsp3) is 0.600. The summed E-state index contributed by atoms with van der Waals surface area (Å²) in [4.78, 5) is 0. The third kappa shape index (κ3) is 4.77. The molecule has 0 radical (unpaired) electrons. The molecule has 0 saturated carbocycles. The van der Waals surface area contributed by atoms with E-state index in [9.17, 15) is 0 Å². The lowest BCUT2D eigenvalue weighted by Gasteiger charge is -2.14. The monoisotopic (exact) mass is 270 g/mol. The van der Waals surface area contributed by atoms with Crippen molar-refractivity contribution in [3.63, 3.8) is 0 Å². The third-order valence-electron chi connectivity index (χ3n) is 2.70. The van der Waals surface area contributed by atoms with E-state index in [0.29, 0.717) is 12.5 Å². The molecule has 0 spiro atoms. The molecule has 102 valence electrons. The van der Waals surface area contributed by atoms with E-state index in [1.807, 2.05) is 18.2 Å². The summed E-state index contributed by atoms with van der Waals surface area (Å²) in [5.74, 6) is 2.08. The Morgan fingerprint density at radius 1 is 1.22 bits per heavy atom. The van der Waals surface area contributed by atoms with Gasteiger partial charge in [0.15, 0.2) is 11.5 Å². The molecule has 0 amide bonds. The van der Waals surface area contributed by atoms with Gasteiger partial charge in [0.2, 0.25) is 0 Å². The topological polar surface area (TPSA) is 18.5 Å². The van der Waals surface area contributed by atoms with Gasteiger partial charge in [-0.2, -0.15) is 0 Å². The largest absolute Gasteiger partial charge is 0.493 e. The van der Waals surface area contributed by atoms with E-state index < -0.39 is 0 Å². The zero-order valence-electron chi connectivity index (χ0n) is 11.7. The van der Waals surface area contributed by atoms with Gasteiger partial charge >= 0.3 is 0 Å². The maximum Gasteiger partial charge on any atom is 0.161 e. The maximum atomic E-state index is 6.18. The first-order chi connectivity index (χ1) is 8.56. The summed E-state index contributed by atoms with van der Waals surface area (Å²) < 4.78 is 11.1. The van der Waals surface area contributed by atoms with E-state index in [0.717, 1.165) is 24.3 Å². The molecule has 1 atom stereocenters. The highest BCUT2D eigenvalue weighted by Crippen LogP contribution is 2.29. The summed E-state index contributed by atoms with van der Waals surface area (Å²) in [5.41, 5.74) is 1.19. The zero-order valence-corrected chi connectivity index (χ0v) is 12.5. The highest BCUT2D eigenvalue weighted by atomic mass is 35.5. The Kier molecular flexibility index (Phi) is 6.34. The van der Waals surface area contributed by atoms with E-state index >= 15 is 0 Å². The molecule has 0 saturated heterocycles. The van der Waals surface area contributed by atoms with Gasteiger partial charge in [-0.25, -0.2) is 0 Å². The Labute approximate surface area is 115 Å². The molecule has 0 N–H and O–H groups in total. The Hall–Kier alpha value is -0.890. The molecule has 0 bridgehead atoms. The van der Waals surface area contributed by atoms with Gasteiger partial charge in [0, 0.05) is 5.38 Å². The highest BCUT2D eigenvalue weighted by molar-refractivity contribution is 6.20. The average Bonchev–Trinajstić information content (AvgIpc) is 2.36. The van der Waals surface area contributed by atoms with Gasteiger partial charge in [-0.05, 0) is 36.5 Å². The van der Waals surface area contributed by atoms with Crippen LogP contribution in [0.15, 0.2) is 18.2 Å². The maximum absolute atomic E-state index is 6.18. The first-order valence-electron chi connectivity index (χ1n) is 6.50. The number of methoxy groups -OCH3 is 1. The second kappa shape index (κ2) is 7.52. The second-order valence-corrected chi connectivity index (χ2v) is 5.52. The Morgan fingerprint density at radius 2 is 1.94 bits per heavy atom. The van der Waals surface area contributed by atoms with Crippen LogP contribution < -0.4 is 9.47 Å². The van der Waals surface area contributed by atoms with E-state index in [1.54, 1.807) is 7.11 Å². The number of alkyl halides is 1. The Morgan fingerprint density at radius 3 is 2.50 bits per heavy atom.